The summed E-state index contributed by atoms with van der Waals surface area (Å²) >= 11 is 3.44. The fourth-order valence-corrected chi connectivity index (χ4v) is 3.00. The Morgan fingerprint density at radius 3 is 2.42 bits per heavy atom. The van der Waals surface area contributed by atoms with Gasteiger partial charge in [0.15, 0.2) is 6.61 Å². The molecular weight excluding hydrogens is 368 g/mol. The van der Waals surface area contributed by atoms with E-state index in [4.69, 9.17) is 4.74 Å². The van der Waals surface area contributed by atoms with E-state index >= 15 is 0 Å². The molecule has 0 radical (unpaired) electrons. The van der Waals surface area contributed by atoms with E-state index in [0.717, 1.165) is 33.3 Å². The highest BCUT2D eigenvalue weighted by molar-refractivity contribution is 9.10. The Bertz CT molecular complexity index is 717. The third-order valence-corrected chi connectivity index (χ3v) is 4.02. The first kappa shape index (κ1) is 18.2. The molecule has 0 saturated heterocycles. The van der Waals surface area contributed by atoms with Crippen molar-refractivity contribution < 1.29 is 9.53 Å². The second kappa shape index (κ2) is 8.64. The van der Waals surface area contributed by atoms with Crippen molar-refractivity contribution in [3.05, 3.63) is 63.1 Å². The van der Waals surface area contributed by atoms with Crippen LogP contribution in [-0.2, 0) is 11.2 Å². The molecule has 0 unspecified atom stereocenters. The monoisotopic (exact) mass is 388 g/mol. The van der Waals surface area contributed by atoms with Crippen molar-refractivity contribution in [1.82, 2.24) is 5.43 Å². The molecule has 0 aliphatic rings. The summed E-state index contributed by atoms with van der Waals surface area (Å²) in [5, 5.41) is 3.96. The molecule has 0 aliphatic carbocycles. The summed E-state index contributed by atoms with van der Waals surface area (Å²) in [7, 11) is 0. The van der Waals surface area contributed by atoms with Crippen LogP contribution in [0.4, 0.5) is 0 Å². The molecule has 2 aromatic carbocycles. The molecule has 5 heteroatoms. The van der Waals surface area contributed by atoms with E-state index in [9.17, 15) is 4.79 Å². The Morgan fingerprint density at radius 2 is 1.83 bits per heavy atom. The number of carbonyl (C=O) groups excluding carboxylic acids is 1. The summed E-state index contributed by atoms with van der Waals surface area (Å²) in [4.78, 5) is 11.8. The normalized spacial score (nSPS) is 10.8. The number of hydrogen-bond donors (Lipinski definition) is 1. The predicted molar refractivity (Wildman–Crippen MR) is 101 cm³/mol. The number of amides is 1. The molecule has 0 spiro atoms. The van der Waals surface area contributed by atoms with Gasteiger partial charge < -0.3 is 4.74 Å². The molecule has 1 N–H and O–H groups in total. The number of halogens is 1. The number of nitrogens with one attached hydrogen (secondary N) is 1. The second-order valence-corrected chi connectivity index (χ2v) is 6.46. The van der Waals surface area contributed by atoms with Gasteiger partial charge in [0.05, 0.1) is 6.21 Å². The lowest BCUT2D eigenvalue weighted by Gasteiger charge is -2.11. The number of aryl methyl sites for hydroxylation is 3. The van der Waals surface area contributed by atoms with Crippen LogP contribution in [0.2, 0.25) is 0 Å². The Balaban J connectivity index is 1.86. The molecule has 126 valence electrons. The van der Waals surface area contributed by atoms with Crippen LogP contribution in [0.1, 0.15) is 29.2 Å². The van der Waals surface area contributed by atoms with Crippen molar-refractivity contribution in [3.8, 4) is 5.75 Å². The maximum absolute atomic E-state index is 11.8. The summed E-state index contributed by atoms with van der Waals surface area (Å²) in [6, 6.07) is 12.0. The Kier molecular flexibility index (Phi) is 6.55. The number of rotatable bonds is 6. The smallest absolute Gasteiger partial charge is 0.277 e. The van der Waals surface area contributed by atoms with Gasteiger partial charge in [0.2, 0.25) is 0 Å². The zero-order valence-electron chi connectivity index (χ0n) is 14.1. The van der Waals surface area contributed by atoms with E-state index in [0.29, 0.717) is 0 Å². The lowest BCUT2D eigenvalue weighted by molar-refractivity contribution is -0.123. The largest absolute Gasteiger partial charge is 0.483 e. The summed E-state index contributed by atoms with van der Waals surface area (Å²) in [6.07, 6.45) is 2.62. The predicted octanol–water partition coefficient (Wildman–Crippen LogP) is 4.16. The van der Waals surface area contributed by atoms with Crippen LogP contribution in [-0.4, -0.2) is 18.7 Å². The highest BCUT2D eigenvalue weighted by Crippen LogP contribution is 2.27. The van der Waals surface area contributed by atoms with Crippen molar-refractivity contribution in [1.29, 1.82) is 0 Å². The minimum absolute atomic E-state index is 0.0740. The highest BCUT2D eigenvalue weighted by Gasteiger charge is 2.08. The fraction of sp³-hybridized carbons (Fsp3) is 0.263. The van der Waals surface area contributed by atoms with Crippen molar-refractivity contribution in [2.45, 2.75) is 27.2 Å². The molecule has 0 atom stereocenters. The number of ether oxygens (including phenoxy) is 1. The van der Waals surface area contributed by atoms with Gasteiger partial charge in [-0.15, -0.1) is 0 Å². The van der Waals surface area contributed by atoms with Crippen LogP contribution in [0, 0.1) is 13.8 Å². The molecule has 0 aliphatic heterocycles. The van der Waals surface area contributed by atoms with Gasteiger partial charge in [0.1, 0.15) is 5.75 Å². The number of hydrogen-bond acceptors (Lipinski definition) is 3. The first-order valence-electron chi connectivity index (χ1n) is 7.80. The topological polar surface area (TPSA) is 50.7 Å². The van der Waals surface area contributed by atoms with Gasteiger partial charge in [0.25, 0.3) is 5.91 Å². The van der Waals surface area contributed by atoms with Crippen LogP contribution in [0.5, 0.6) is 5.75 Å². The molecule has 0 aromatic heterocycles. The van der Waals surface area contributed by atoms with Crippen molar-refractivity contribution >= 4 is 28.1 Å². The third kappa shape index (κ3) is 5.20. The van der Waals surface area contributed by atoms with Gasteiger partial charge in [-0.3, -0.25) is 4.79 Å². The molecule has 0 bridgehead atoms. The van der Waals surface area contributed by atoms with Gasteiger partial charge in [-0.1, -0.05) is 47.1 Å². The Morgan fingerprint density at radius 1 is 1.21 bits per heavy atom. The maximum atomic E-state index is 11.8. The molecule has 1 amide bonds. The first-order chi connectivity index (χ1) is 11.5. The second-order valence-electron chi connectivity index (χ2n) is 5.55. The van der Waals surface area contributed by atoms with E-state index in [1.165, 1.54) is 5.56 Å². The summed E-state index contributed by atoms with van der Waals surface area (Å²) in [5.74, 6) is 0.436. The standard InChI is InChI=1S/C19H21BrN2O2/c1-4-15-5-7-16(8-6-15)11-21-22-18(23)12-24-19-13(2)9-17(20)10-14(19)3/h5-11H,4,12H2,1-3H3,(H,22,23)/b21-11+. The van der Waals surface area contributed by atoms with Crippen LogP contribution in [0.3, 0.4) is 0 Å². The summed E-state index contributed by atoms with van der Waals surface area (Å²) < 4.78 is 6.60. The fourth-order valence-electron chi connectivity index (χ4n) is 2.31. The molecule has 2 aromatic rings. The molecule has 4 nitrogen and oxygen atoms in total. The van der Waals surface area contributed by atoms with E-state index in [-0.39, 0.29) is 12.5 Å². The van der Waals surface area contributed by atoms with Crippen LogP contribution >= 0.6 is 15.9 Å². The summed E-state index contributed by atoms with van der Waals surface area (Å²) in [6.45, 7) is 5.93. The van der Waals surface area contributed by atoms with Gasteiger partial charge in [-0.05, 0) is 54.7 Å². The maximum Gasteiger partial charge on any atom is 0.277 e. The van der Waals surface area contributed by atoms with Crippen molar-refractivity contribution in [2.24, 2.45) is 5.10 Å². The average Bonchev–Trinajstić information content (AvgIpc) is 2.54. The van der Waals surface area contributed by atoms with Gasteiger partial charge >= 0.3 is 0 Å². The first-order valence-corrected chi connectivity index (χ1v) is 8.59. The molecule has 0 fully saturated rings. The van der Waals surface area contributed by atoms with E-state index < -0.39 is 0 Å². The van der Waals surface area contributed by atoms with Crippen LogP contribution in [0.25, 0.3) is 0 Å². The zero-order valence-corrected chi connectivity index (χ0v) is 15.7. The van der Waals surface area contributed by atoms with Crippen molar-refractivity contribution in [3.63, 3.8) is 0 Å². The Labute approximate surface area is 151 Å². The lowest BCUT2D eigenvalue weighted by atomic mass is 10.1. The summed E-state index contributed by atoms with van der Waals surface area (Å²) in [5.41, 5.74) is 6.64. The Hall–Kier alpha value is -2.14. The number of nitrogens with zero attached hydrogens (tertiary/aromatic N) is 1. The molecule has 0 heterocycles. The number of carbonyl (C=O) groups is 1. The molecule has 2 rings (SSSR count). The molecular formula is C19H21BrN2O2. The quantitative estimate of drug-likeness (QED) is 0.596. The van der Waals surface area contributed by atoms with E-state index in [1.54, 1.807) is 6.21 Å². The van der Waals surface area contributed by atoms with E-state index in [1.807, 2.05) is 50.2 Å². The number of benzene rings is 2. The average molecular weight is 389 g/mol. The van der Waals surface area contributed by atoms with Crippen LogP contribution < -0.4 is 10.2 Å². The minimum Gasteiger partial charge on any atom is -0.483 e. The number of hydrazone groups is 1. The lowest BCUT2D eigenvalue weighted by Crippen LogP contribution is -2.25. The minimum atomic E-state index is -0.293. The van der Waals surface area contributed by atoms with E-state index in [2.05, 4.69) is 33.4 Å². The molecule has 24 heavy (non-hydrogen) atoms. The van der Waals surface area contributed by atoms with Gasteiger partial charge in [-0.2, -0.15) is 5.10 Å². The van der Waals surface area contributed by atoms with Gasteiger partial charge in [0, 0.05) is 4.47 Å². The third-order valence-electron chi connectivity index (χ3n) is 3.56. The highest BCUT2D eigenvalue weighted by atomic mass is 79.9. The zero-order chi connectivity index (χ0) is 17.5. The van der Waals surface area contributed by atoms with Crippen molar-refractivity contribution in [2.75, 3.05) is 6.61 Å². The molecule has 0 saturated carbocycles. The SMILES string of the molecule is CCc1ccc(/C=N/NC(=O)COc2c(C)cc(Br)cc2C)cc1. The van der Waals surface area contributed by atoms with Crippen LogP contribution in [0.15, 0.2) is 46.0 Å². The van der Waals surface area contributed by atoms with Gasteiger partial charge in [-0.25, -0.2) is 5.43 Å².